The first-order valence-electron chi connectivity index (χ1n) is 7.26. The summed E-state index contributed by atoms with van der Waals surface area (Å²) in [5.41, 5.74) is 3.43. The topological polar surface area (TPSA) is 37.8 Å². The van der Waals surface area contributed by atoms with Crippen LogP contribution in [0.2, 0.25) is 0 Å². The van der Waals surface area contributed by atoms with E-state index < -0.39 is 0 Å². The number of benzene rings is 1. The Kier molecular flexibility index (Phi) is 4.22. The molecule has 3 nitrogen and oxygen atoms in total. The summed E-state index contributed by atoms with van der Waals surface area (Å²) in [6.07, 6.45) is 5.61. The molecule has 1 N–H and O–H groups in total. The van der Waals surface area contributed by atoms with Crippen molar-refractivity contribution in [3.05, 3.63) is 72.2 Å². The Labute approximate surface area is 125 Å². The van der Waals surface area contributed by atoms with Crippen molar-refractivity contribution in [1.29, 1.82) is 0 Å². The van der Waals surface area contributed by atoms with E-state index in [1.165, 1.54) is 10.9 Å². The number of pyridine rings is 2. The lowest BCUT2D eigenvalue weighted by Crippen LogP contribution is -2.30. The Bertz CT molecular complexity index is 710. The van der Waals surface area contributed by atoms with E-state index in [1.807, 2.05) is 37.6 Å². The first-order valence-corrected chi connectivity index (χ1v) is 7.26. The second-order valence-electron chi connectivity index (χ2n) is 5.25. The van der Waals surface area contributed by atoms with Crippen LogP contribution >= 0.6 is 0 Å². The zero-order valence-electron chi connectivity index (χ0n) is 12.2. The molecule has 2 heterocycles. The number of aromatic nitrogens is 2. The van der Waals surface area contributed by atoms with Crippen LogP contribution in [0.1, 0.15) is 11.3 Å². The van der Waals surface area contributed by atoms with E-state index >= 15 is 0 Å². The van der Waals surface area contributed by atoms with Crippen molar-refractivity contribution >= 4 is 10.9 Å². The van der Waals surface area contributed by atoms with Crippen LogP contribution in [0.4, 0.5) is 0 Å². The number of hydrogen-bond acceptors (Lipinski definition) is 3. The number of para-hydroxylation sites is 1. The van der Waals surface area contributed by atoms with Gasteiger partial charge < -0.3 is 5.32 Å². The standard InChI is InChI=1S/C18H19N3/c1-19-17(11-14-5-4-10-20-13-14)12-16-9-8-15-6-2-3-7-18(15)21-16/h2-10,13,17,19H,11-12H2,1H3. The van der Waals surface area contributed by atoms with E-state index in [-0.39, 0.29) is 0 Å². The van der Waals surface area contributed by atoms with Gasteiger partial charge in [-0.2, -0.15) is 0 Å². The van der Waals surface area contributed by atoms with Crippen LogP contribution in [0, 0.1) is 0 Å². The monoisotopic (exact) mass is 277 g/mol. The minimum Gasteiger partial charge on any atom is -0.316 e. The molecule has 1 aromatic carbocycles. The molecule has 21 heavy (non-hydrogen) atoms. The summed E-state index contributed by atoms with van der Waals surface area (Å²) in [7, 11) is 2.00. The van der Waals surface area contributed by atoms with Gasteiger partial charge in [0.1, 0.15) is 0 Å². The number of likely N-dealkylation sites (N-methyl/N-ethyl adjacent to an activating group) is 1. The fourth-order valence-electron chi connectivity index (χ4n) is 2.55. The van der Waals surface area contributed by atoms with Crippen LogP contribution < -0.4 is 5.32 Å². The van der Waals surface area contributed by atoms with E-state index in [0.717, 1.165) is 24.1 Å². The van der Waals surface area contributed by atoms with Crippen LogP contribution in [0.25, 0.3) is 10.9 Å². The lowest BCUT2D eigenvalue weighted by molar-refractivity contribution is 0.550. The van der Waals surface area contributed by atoms with Crippen molar-refractivity contribution in [1.82, 2.24) is 15.3 Å². The van der Waals surface area contributed by atoms with E-state index in [0.29, 0.717) is 6.04 Å². The average Bonchev–Trinajstić information content (AvgIpc) is 2.55. The van der Waals surface area contributed by atoms with Gasteiger partial charge in [-0.05, 0) is 37.2 Å². The molecule has 0 fully saturated rings. The highest BCUT2D eigenvalue weighted by Gasteiger charge is 2.10. The molecule has 1 unspecified atom stereocenters. The highest BCUT2D eigenvalue weighted by atomic mass is 14.9. The molecule has 0 aliphatic carbocycles. The predicted octanol–water partition coefficient (Wildman–Crippen LogP) is 3.00. The van der Waals surface area contributed by atoms with E-state index in [2.05, 4.69) is 40.6 Å². The maximum Gasteiger partial charge on any atom is 0.0705 e. The van der Waals surface area contributed by atoms with Gasteiger partial charge in [0.25, 0.3) is 0 Å². The third kappa shape index (κ3) is 3.44. The number of rotatable bonds is 5. The van der Waals surface area contributed by atoms with Crippen LogP contribution in [0.3, 0.4) is 0 Å². The van der Waals surface area contributed by atoms with Crippen molar-refractivity contribution < 1.29 is 0 Å². The molecule has 1 atom stereocenters. The Morgan fingerprint density at radius 2 is 1.90 bits per heavy atom. The van der Waals surface area contributed by atoms with Gasteiger partial charge in [-0.15, -0.1) is 0 Å². The van der Waals surface area contributed by atoms with Gasteiger partial charge >= 0.3 is 0 Å². The molecular weight excluding hydrogens is 258 g/mol. The normalized spacial score (nSPS) is 12.4. The lowest BCUT2D eigenvalue weighted by atomic mass is 10.0. The summed E-state index contributed by atoms with van der Waals surface area (Å²) in [4.78, 5) is 8.93. The zero-order valence-corrected chi connectivity index (χ0v) is 12.2. The summed E-state index contributed by atoms with van der Waals surface area (Å²) >= 11 is 0. The molecule has 106 valence electrons. The predicted molar refractivity (Wildman–Crippen MR) is 86.2 cm³/mol. The minimum atomic E-state index is 0.364. The van der Waals surface area contributed by atoms with Crippen LogP contribution in [-0.2, 0) is 12.8 Å². The van der Waals surface area contributed by atoms with Gasteiger partial charge in [-0.1, -0.05) is 30.3 Å². The molecule has 3 heteroatoms. The van der Waals surface area contributed by atoms with E-state index in [9.17, 15) is 0 Å². The molecule has 0 saturated carbocycles. The summed E-state index contributed by atoms with van der Waals surface area (Å²) < 4.78 is 0. The Morgan fingerprint density at radius 3 is 2.71 bits per heavy atom. The first-order chi connectivity index (χ1) is 10.3. The van der Waals surface area contributed by atoms with Crippen LogP contribution in [0.15, 0.2) is 60.9 Å². The molecule has 0 aliphatic heterocycles. The van der Waals surface area contributed by atoms with Crippen molar-refractivity contribution in [3.8, 4) is 0 Å². The van der Waals surface area contributed by atoms with Gasteiger partial charge in [0.05, 0.1) is 5.52 Å². The fourth-order valence-corrected chi connectivity index (χ4v) is 2.55. The van der Waals surface area contributed by atoms with Crippen molar-refractivity contribution in [2.45, 2.75) is 18.9 Å². The summed E-state index contributed by atoms with van der Waals surface area (Å²) in [5.74, 6) is 0. The fraction of sp³-hybridized carbons (Fsp3) is 0.222. The van der Waals surface area contributed by atoms with Gasteiger partial charge in [0.15, 0.2) is 0 Å². The molecule has 3 rings (SSSR count). The maximum absolute atomic E-state index is 4.75. The largest absolute Gasteiger partial charge is 0.316 e. The average molecular weight is 277 g/mol. The van der Waals surface area contributed by atoms with E-state index in [1.54, 1.807) is 0 Å². The number of fused-ring (bicyclic) bond motifs is 1. The first kappa shape index (κ1) is 13.7. The molecule has 0 aliphatic rings. The van der Waals surface area contributed by atoms with Crippen molar-refractivity contribution in [3.63, 3.8) is 0 Å². The van der Waals surface area contributed by atoms with Crippen molar-refractivity contribution in [2.24, 2.45) is 0 Å². The molecule has 0 amide bonds. The van der Waals surface area contributed by atoms with Gasteiger partial charge in [-0.25, -0.2) is 0 Å². The number of nitrogens with one attached hydrogen (secondary N) is 1. The third-order valence-electron chi connectivity index (χ3n) is 3.72. The number of nitrogens with zero attached hydrogens (tertiary/aromatic N) is 2. The molecule has 3 aromatic rings. The molecule has 0 spiro atoms. The van der Waals surface area contributed by atoms with Gasteiger partial charge in [0.2, 0.25) is 0 Å². The minimum absolute atomic E-state index is 0.364. The summed E-state index contributed by atoms with van der Waals surface area (Å²) in [6.45, 7) is 0. The molecule has 0 bridgehead atoms. The second kappa shape index (κ2) is 6.46. The van der Waals surface area contributed by atoms with Crippen LogP contribution in [-0.4, -0.2) is 23.1 Å². The lowest BCUT2D eigenvalue weighted by Gasteiger charge is -2.16. The maximum atomic E-state index is 4.75. The van der Waals surface area contributed by atoms with E-state index in [4.69, 9.17) is 4.98 Å². The SMILES string of the molecule is CNC(Cc1cccnc1)Cc1ccc2ccccc2n1. The van der Waals surface area contributed by atoms with Crippen LogP contribution in [0.5, 0.6) is 0 Å². The molecular formula is C18H19N3. The summed E-state index contributed by atoms with van der Waals surface area (Å²) in [5, 5.41) is 4.57. The second-order valence-corrected chi connectivity index (χ2v) is 5.25. The Morgan fingerprint density at radius 1 is 1.00 bits per heavy atom. The Balaban J connectivity index is 1.76. The van der Waals surface area contributed by atoms with Crippen molar-refractivity contribution in [2.75, 3.05) is 7.05 Å². The van der Waals surface area contributed by atoms with Gasteiger partial charge in [0, 0.05) is 35.9 Å². The highest BCUT2D eigenvalue weighted by Crippen LogP contribution is 2.14. The molecule has 2 aromatic heterocycles. The zero-order chi connectivity index (χ0) is 14.5. The third-order valence-corrected chi connectivity index (χ3v) is 3.72. The highest BCUT2D eigenvalue weighted by molar-refractivity contribution is 5.78. The Hall–Kier alpha value is -2.26. The summed E-state index contributed by atoms with van der Waals surface area (Å²) in [6, 6.07) is 17.0. The smallest absolute Gasteiger partial charge is 0.0705 e. The molecule has 0 saturated heterocycles. The number of hydrogen-bond donors (Lipinski definition) is 1. The molecule has 0 radical (unpaired) electrons. The quantitative estimate of drug-likeness (QED) is 0.779. The van der Waals surface area contributed by atoms with Gasteiger partial charge in [-0.3, -0.25) is 9.97 Å².